The number of anilines is 1. The second kappa shape index (κ2) is 6.79. The van der Waals surface area contributed by atoms with E-state index >= 15 is 0 Å². The number of nitriles is 1. The predicted octanol–water partition coefficient (Wildman–Crippen LogP) is 3.50. The predicted molar refractivity (Wildman–Crippen MR) is 79.5 cm³/mol. The van der Waals surface area contributed by atoms with E-state index in [-0.39, 0.29) is 0 Å². The van der Waals surface area contributed by atoms with Crippen molar-refractivity contribution < 1.29 is 0 Å². The first kappa shape index (κ1) is 14.2. The molecule has 0 atom stereocenters. The Hall–Kier alpha value is -1.24. The highest BCUT2D eigenvalue weighted by Gasteiger charge is 2.19. The van der Waals surface area contributed by atoms with Gasteiger partial charge in [-0.15, -0.1) is 0 Å². The maximum absolute atomic E-state index is 8.93. The SMILES string of the molecule is CCCN1CCC(Nc2cc(C#N)ccc2Cl)CC1. The lowest BCUT2D eigenvalue weighted by Crippen LogP contribution is -2.39. The quantitative estimate of drug-likeness (QED) is 0.916. The van der Waals surface area contributed by atoms with Crippen LogP contribution < -0.4 is 5.32 Å². The molecule has 0 unspecified atom stereocenters. The highest BCUT2D eigenvalue weighted by atomic mass is 35.5. The van der Waals surface area contributed by atoms with Crippen LogP contribution in [0.1, 0.15) is 31.7 Å². The number of nitrogens with one attached hydrogen (secondary N) is 1. The van der Waals surface area contributed by atoms with Crippen molar-refractivity contribution in [1.82, 2.24) is 4.90 Å². The van der Waals surface area contributed by atoms with Crippen LogP contribution in [0.25, 0.3) is 0 Å². The number of rotatable bonds is 4. The van der Waals surface area contributed by atoms with Crippen LogP contribution in [0, 0.1) is 11.3 Å². The van der Waals surface area contributed by atoms with Crippen molar-refractivity contribution in [3.63, 3.8) is 0 Å². The van der Waals surface area contributed by atoms with E-state index in [0.29, 0.717) is 16.6 Å². The fourth-order valence-corrected chi connectivity index (χ4v) is 2.71. The number of hydrogen-bond acceptors (Lipinski definition) is 3. The van der Waals surface area contributed by atoms with Gasteiger partial charge in [-0.25, -0.2) is 0 Å². The van der Waals surface area contributed by atoms with Crippen LogP contribution >= 0.6 is 11.6 Å². The van der Waals surface area contributed by atoms with Crippen molar-refractivity contribution in [2.45, 2.75) is 32.2 Å². The van der Waals surface area contributed by atoms with E-state index in [0.717, 1.165) is 31.6 Å². The molecule has 2 rings (SSSR count). The second-order valence-electron chi connectivity index (χ2n) is 5.07. The van der Waals surface area contributed by atoms with Gasteiger partial charge in [0, 0.05) is 19.1 Å². The molecule has 3 nitrogen and oxygen atoms in total. The third kappa shape index (κ3) is 3.86. The van der Waals surface area contributed by atoms with Gasteiger partial charge in [0.05, 0.1) is 22.3 Å². The zero-order chi connectivity index (χ0) is 13.7. The standard InChI is InChI=1S/C15H20ClN3/c1-2-7-19-8-5-13(6-9-19)18-15-10-12(11-17)3-4-14(15)16/h3-4,10,13,18H,2,5-9H2,1H3. The molecular weight excluding hydrogens is 258 g/mol. The molecule has 0 radical (unpaired) electrons. The largest absolute Gasteiger partial charge is 0.381 e. The van der Waals surface area contributed by atoms with Crippen molar-refractivity contribution in [3.05, 3.63) is 28.8 Å². The summed E-state index contributed by atoms with van der Waals surface area (Å²) >= 11 is 6.17. The minimum absolute atomic E-state index is 0.458. The maximum Gasteiger partial charge on any atom is 0.0992 e. The summed E-state index contributed by atoms with van der Waals surface area (Å²) in [4.78, 5) is 2.51. The molecule has 0 saturated carbocycles. The number of hydrogen-bond donors (Lipinski definition) is 1. The molecule has 1 heterocycles. The van der Waals surface area contributed by atoms with Gasteiger partial charge < -0.3 is 10.2 Å². The third-order valence-corrected chi connectivity index (χ3v) is 3.91. The summed E-state index contributed by atoms with van der Waals surface area (Å²) in [5, 5.41) is 13.1. The number of nitrogens with zero attached hydrogens (tertiary/aromatic N) is 2. The van der Waals surface area contributed by atoms with Crippen molar-refractivity contribution in [2.24, 2.45) is 0 Å². The molecule has 1 saturated heterocycles. The number of benzene rings is 1. The zero-order valence-electron chi connectivity index (χ0n) is 11.3. The van der Waals surface area contributed by atoms with Gasteiger partial charge in [-0.05, 0) is 44.0 Å². The van der Waals surface area contributed by atoms with E-state index in [4.69, 9.17) is 16.9 Å². The van der Waals surface area contributed by atoms with Gasteiger partial charge in [-0.2, -0.15) is 5.26 Å². The summed E-state index contributed by atoms with van der Waals surface area (Å²) in [7, 11) is 0. The van der Waals surface area contributed by atoms with Gasteiger partial charge >= 0.3 is 0 Å². The first-order chi connectivity index (χ1) is 9.22. The Kier molecular flexibility index (Phi) is 5.07. The average Bonchev–Trinajstić information content (AvgIpc) is 2.44. The molecule has 1 fully saturated rings. The van der Waals surface area contributed by atoms with Crippen LogP contribution in [0.4, 0.5) is 5.69 Å². The summed E-state index contributed by atoms with van der Waals surface area (Å²) in [6.45, 7) is 5.69. The molecule has 102 valence electrons. The van der Waals surface area contributed by atoms with E-state index in [1.165, 1.54) is 13.0 Å². The van der Waals surface area contributed by atoms with Gasteiger partial charge in [-0.3, -0.25) is 0 Å². The minimum Gasteiger partial charge on any atom is -0.381 e. The monoisotopic (exact) mass is 277 g/mol. The molecule has 0 bridgehead atoms. The van der Waals surface area contributed by atoms with E-state index in [1.807, 2.05) is 6.07 Å². The molecule has 19 heavy (non-hydrogen) atoms. The number of piperidine rings is 1. The minimum atomic E-state index is 0.458. The molecule has 0 amide bonds. The van der Waals surface area contributed by atoms with Crippen LogP contribution in [0.5, 0.6) is 0 Å². The highest BCUT2D eigenvalue weighted by molar-refractivity contribution is 6.33. The highest BCUT2D eigenvalue weighted by Crippen LogP contribution is 2.25. The van der Waals surface area contributed by atoms with Crippen LogP contribution in [0.3, 0.4) is 0 Å². The molecule has 0 aromatic heterocycles. The summed E-state index contributed by atoms with van der Waals surface area (Å²) in [5.41, 5.74) is 1.53. The Labute approximate surface area is 120 Å². The fraction of sp³-hybridized carbons (Fsp3) is 0.533. The molecule has 1 N–H and O–H groups in total. The van der Waals surface area contributed by atoms with Gasteiger partial charge in [0.2, 0.25) is 0 Å². The molecular formula is C15H20ClN3. The van der Waals surface area contributed by atoms with Crippen molar-refractivity contribution in [1.29, 1.82) is 5.26 Å². The molecule has 1 aliphatic rings. The lowest BCUT2D eigenvalue weighted by molar-refractivity contribution is 0.219. The first-order valence-electron chi connectivity index (χ1n) is 6.91. The Morgan fingerprint density at radius 1 is 1.42 bits per heavy atom. The number of likely N-dealkylation sites (tertiary alicyclic amines) is 1. The van der Waals surface area contributed by atoms with Crippen molar-refractivity contribution >= 4 is 17.3 Å². The van der Waals surface area contributed by atoms with Crippen LogP contribution in [0.15, 0.2) is 18.2 Å². The van der Waals surface area contributed by atoms with Crippen LogP contribution in [-0.2, 0) is 0 Å². The topological polar surface area (TPSA) is 39.1 Å². The normalized spacial score (nSPS) is 17.1. The fourth-order valence-electron chi connectivity index (χ4n) is 2.54. The Morgan fingerprint density at radius 2 is 2.16 bits per heavy atom. The molecule has 1 aromatic carbocycles. The van der Waals surface area contributed by atoms with E-state index < -0.39 is 0 Å². The first-order valence-corrected chi connectivity index (χ1v) is 7.29. The number of halogens is 1. The Balaban J connectivity index is 1.94. The lowest BCUT2D eigenvalue weighted by Gasteiger charge is -2.32. The summed E-state index contributed by atoms with van der Waals surface area (Å²) in [6, 6.07) is 7.97. The van der Waals surface area contributed by atoms with E-state index in [2.05, 4.69) is 23.2 Å². The van der Waals surface area contributed by atoms with Gasteiger partial charge in [0.1, 0.15) is 0 Å². The van der Waals surface area contributed by atoms with Gasteiger partial charge in [0.15, 0.2) is 0 Å². The van der Waals surface area contributed by atoms with Gasteiger partial charge in [-0.1, -0.05) is 18.5 Å². The molecule has 4 heteroatoms. The Morgan fingerprint density at radius 3 is 2.79 bits per heavy atom. The zero-order valence-corrected chi connectivity index (χ0v) is 12.1. The summed E-state index contributed by atoms with van der Waals surface area (Å²) < 4.78 is 0. The third-order valence-electron chi connectivity index (χ3n) is 3.58. The second-order valence-corrected chi connectivity index (χ2v) is 5.47. The average molecular weight is 278 g/mol. The van der Waals surface area contributed by atoms with E-state index in [1.54, 1.807) is 12.1 Å². The molecule has 0 spiro atoms. The smallest absolute Gasteiger partial charge is 0.0992 e. The van der Waals surface area contributed by atoms with Crippen molar-refractivity contribution in [2.75, 3.05) is 25.0 Å². The van der Waals surface area contributed by atoms with E-state index in [9.17, 15) is 0 Å². The Bertz CT molecular complexity index is 459. The molecule has 0 aliphatic carbocycles. The maximum atomic E-state index is 8.93. The summed E-state index contributed by atoms with van der Waals surface area (Å²) in [5.74, 6) is 0. The van der Waals surface area contributed by atoms with Crippen molar-refractivity contribution in [3.8, 4) is 6.07 Å². The van der Waals surface area contributed by atoms with Gasteiger partial charge in [0.25, 0.3) is 0 Å². The lowest BCUT2D eigenvalue weighted by atomic mass is 10.0. The molecule has 1 aliphatic heterocycles. The van der Waals surface area contributed by atoms with Crippen LogP contribution in [0.2, 0.25) is 5.02 Å². The summed E-state index contributed by atoms with van der Waals surface area (Å²) in [6.07, 6.45) is 3.48. The van der Waals surface area contributed by atoms with Crippen LogP contribution in [-0.4, -0.2) is 30.6 Å². The molecule has 1 aromatic rings.